The van der Waals surface area contributed by atoms with Crippen LogP contribution < -0.4 is 5.32 Å². The van der Waals surface area contributed by atoms with Crippen molar-refractivity contribution in [2.24, 2.45) is 5.92 Å². The molecule has 2 aromatic rings. The maximum Gasteiger partial charge on any atom is 0.220 e. The average molecular weight is 345 g/mol. The Kier molecular flexibility index (Phi) is 4.90. The maximum absolute atomic E-state index is 12.1. The Labute approximate surface area is 143 Å². The Morgan fingerprint density at radius 2 is 1.96 bits per heavy atom. The quantitative estimate of drug-likeness (QED) is 0.906. The van der Waals surface area contributed by atoms with Crippen molar-refractivity contribution in [3.05, 3.63) is 48.0 Å². The number of nitrogens with one attached hydrogen (secondary N) is 1. The van der Waals surface area contributed by atoms with Crippen LogP contribution in [0.15, 0.2) is 42.5 Å². The molecule has 24 heavy (non-hydrogen) atoms. The largest absolute Gasteiger partial charge is 0.353 e. The monoisotopic (exact) mass is 345 g/mol. The van der Waals surface area contributed by atoms with E-state index < -0.39 is 9.84 Å². The van der Waals surface area contributed by atoms with Crippen molar-refractivity contribution in [3.8, 4) is 0 Å². The molecule has 1 amide bonds. The van der Waals surface area contributed by atoms with E-state index in [0.29, 0.717) is 12.8 Å². The summed E-state index contributed by atoms with van der Waals surface area (Å²) in [6.45, 7) is 1.98. The highest BCUT2D eigenvalue weighted by molar-refractivity contribution is 7.91. The van der Waals surface area contributed by atoms with E-state index in [1.165, 1.54) is 16.3 Å². The fourth-order valence-corrected chi connectivity index (χ4v) is 5.26. The molecular weight excluding hydrogens is 322 g/mol. The summed E-state index contributed by atoms with van der Waals surface area (Å²) >= 11 is 0. The maximum atomic E-state index is 12.1. The van der Waals surface area contributed by atoms with Crippen molar-refractivity contribution in [3.63, 3.8) is 0 Å². The van der Waals surface area contributed by atoms with Gasteiger partial charge in [0.25, 0.3) is 0 Å². The molecule has 1 aliphatic heterocycles. The Morgan fingerprint density at radius 3 is 2.67 bits per heavy atom. The summed E-state index contributed by atoms with van der Waals surface area (Å²) < 4.78 is 22.9. The lowest BCUT2D eigenvalue weighted by Gasteiger charge is -2.16. The summed E-state index contributed by atoms with van der Waals surface area (Å²) in [6, 6.07) is 14.6. The fourth-order valence-electron chi connectivity index (χ4n) is 3.40. The number of fused-ring (bicyclic) bond motifs is 1. The van der Waals surface area contributed by atoms with Crippen LogP contribution in [0.2, 0.25) is 0 Å². The Morgan fingerprint density at radius 1 is 1.21 bits per heavy atom. The zero-order valence-corrected chi connectivity index (χ0v) is 14.7. The zero-order valence-electron chi connectivity index (χ0n) is 13.9. The van der Waals surface area contributed by atoms with Gasteiger partial charge in [-0.1, -0.05) is 42.5 Å². The minimum Gasteiger partial charge on any atom is -0.353 e. The first-order chi connectivity index (χ1) is 11.4. The second-order valence-electron chi connectivity index (χ2n) is 6.83. The minimum absolute atomic E-state index is 0.0247. The van der Waals surface area contributed by atoms with E-state index in [0.717, 1.165) is 6.42 Å². The molecule has 2 atom stereocenters. The summed E-state index contributed by atoms with van der Waals surface area (Å²) in [5.74, 6) is 0.296. The molecule has 1 aliphatic rings. The second-order valence-corrected chi connectivity index (χ2v) is 9.06. The summed E-state index contributed by atoms with van der Waals surface area (Å²) in [6.07, 6.45) is 1.68. The number of hydrogen-bond acceptors (Lipinski definition) is 3. The summed E-state index contributed by atoms with van der Waals surface area (Å²) in [7, 11) is -2.92. The van der Waals surface area contributed by atoms with Crippen LogP contribution >= 0.6 is 0 Å². The van der Waals surface area contributed by atoms with Gasteiger partial charge in [-0.05, 0) is 42.0 Å². The molecule has 1 fully saturated rings. The molecule has 0 bridgehead atoms. The fraction of sp³-hybridized carbons (Fsp3) is 0.421. The number of amides is 1. The lowest BCUT2D eigenvalue weighted by atomic mass is 10.0. The van der Waals surface area contributed by atoms with Crippen LogP contribution in [0.5, 0.6) is 0 Å². The molecule has 3 rings (SSSR count). The molecule has 0 saturated carbocycles. The van der Waals surface area contributed by atoms with E-state index in [1.54, 1.807) is 0 Å². The summed E-state index contributed by atoms with van der Waals surface area (Å²) in [5.41, 5.74) is 1.19. The molecule has 5 heteroatoms. The van der Waals surface area contributed by atoms with E-state index >= 15 is 0 Å². The minimum atomic E-state index is -2.92. The van der Waals surface area contributed by atoms with Crippen molar-refractivity contribution in [1.29, 1.82) is 0 Å². The molecule has 1 saturated heterocycles. The Bertz CT molecular complexity index is 845. The molecule has 0 aromatic heterocycles. The molecule has 0 aliphatic carbocycles. The zero-order chi connectivity index (χ0) is 17.2. The van der Waals surface area contributed by atoms with Crippen molar-refractivity contribution in [2.75, 3.05) is 11.5 Å². The molecule has 0 unspecified atom stereocenters. The predicted molar refractivity (Wildman–Crippen MR) is 96.6 cm³/mol. The molecule has 4 nitrogen and oxygen atoms in total. The smallest absolute Gasteiger partial charge is 0.220 e. The standard InChI is InChI=1S/C19H23NO3S/c1-14(20-19(21)12-16-8-9-24(22,23)13-16)10-15-6-7-17-4-2-3-5-18(17)11-15/h2-7,11,14,16H,8-10,12-13H2,1H3,(H,20,21)/t14-,16+/m0/s1. The molecule has 0 radical (unpaired) electrons. The molecule has 128 valence electrons. The molecule has 1 N–H and O–H groups in total. The van der Waals surface area contributed by atoms with Gasteiger partial charge in [0.2, 0.25) is 5.91 Å². The lowest BCUT2D eigenvalue weighted by molar-refractivity contribution is -0.122. The number of rotatable bonds is 5. The van der Waals surface area contributed by atoms with Crippen LogP contribution in [0, 0.1) is 5.92 Å². The van der Waals surface area contributed by atoms with Gasteiger partial charge in [0.05, 0.1) is 11.5 Å². The van der Waals surface area contributed by atoms with Gasteiger partial charge < -0.3 is 5.32 Å². The van der Waals surface area contributed by atoms with Crippen LogP contribution in [0.4, 0.5) is 0 Å². The first-order valence-corrected chi connectivity index (χ1v) is 10.2. The SMILES string of the molecule is C[C@@H](Cc1ccc2ccccc2c1)NC(=O)C[C@H]1CCS(=O)(=O)C1. The topological polar surface area (TPSA) is 63.2 Å². The predicted octanol–water partition coefficient (Wildman–Crippen LogP) is 2.71. The Hall–Kier alpha value is -1.88. The number of benzene rings is 2. The first-order valence-electron chi connectivity index (χ1n) is 8.39. The van der Waals surface area contributed by atoms with Crippen molar-refractivity contribution >= 4 is 26.5 Å². The highest BCUT2D eigenvalue weighted by atomic mass is 32.2. The summed E-state index contributed by atoms with van der Waals surface area (Å²) in [4.78, 5) is 12.1. The molecular formula is C19H23NO3S. The normalized spacial score (nSPS) is 20.8. The van der Waals surface area contributed by atoms with Crippen LogP contribution in [-0.2, 0) is 21.1 Å². The van der Waals surface area contributed by atoms with Gasteiger partial charge >= 0.3 is 0 Å². The number of hydrogen-bond donors (Lipinski definition) is 1. The van der Waals surface area contributed by atoms with E-state index in [9.17, 15) is 13.2 Å². The molecule has 1 heterocycles. The number of carbonyl (C=O) groups excluding carboxylic acids is 1. The molecule has 0 spiro atoms. The van der Waals surface area contributed by atoms with E-state index in [4.69, 9.17) is 0 Å². The van der Waals surface area contributed by atoms with Gasteiger partial charge in [-0.3, -0.25) is 4.79 Å². The van der Waals surface area contributed by atoms with Crippen molar-refractivity contribution in [1.82, 2.24) is 5.32 Å². The van der Waals surface area contributed by atoms with Gasteiger partial charge in [-0.15, -0.1) is 0 Å². The third kappa shape index (κ3) is 4.35. The average Bonchev–Trinajstić information content (AvgIpc) is 2.85. The van der Waals surface area contributed by atoms with Gasteiger partial charge in [0.1, 0.15) is 0 Å². The third-order valence-corrected chi connectivity index (χ3v) is 6.40. The highest BCUT2D eigenvalue weighted by Crippen LogP contribution is 2.21. The van der Waals surface area contributed by atoms with E-state index in [1.807, 2.05) is 19.1 Å². The van der Waals surface area contributed by atoms with Gasteiger partial charge in [-0.2, -0.15) is 0 Å². The van der Waals surface area contributed by atoms with Gasteiger partial charge in [-0.25, -0.2) is 8.42 Å². The number of sulfone groups is 1. The van der Waals surface area contributed by atoms with Gasteiger partial charge in [0, 0.05) is 12.5 Å². The third-order valence-electron chi connectivity index (χ3n) is 4.56. The number of carbonyl (C=O) groups is 1. The Balaban J connectivity index is 1.54. The highest BCUT2D eigenvalue weighted by Gasteiger charge is 2.29. The van der Waals surface area contributed by atoms with E-state index in [-0.39, 0.29) is 29.4 Å². The second kappa shape index (κ2) is 6.93. The lowest BCUT2D eigenvalue weighted by Crippen LogP contribution is -2.35. The van der Waals surface area contributed by atoms with Crippen molar-refractivity contribution < 1.29 is 13.2 Å². The van der Waals surface area contributed by atoms with Crippen LogP contribution in [0.25, 0.3) is 10.8 Å². The van der Waals surface area contributed by atoms with Crippen LogP contribution in [0.1, 0.15) is 25.3 Å². The van der Waals surface area contributed by atoms with Gasteiger partial charge in [0.15, 0.2) is 9.84 Å². The molecule has 2 aromatic carbocycles. The van der Waals surface area contributed by atoms with E-state index in [2.05, 4.69) is 35.6 Å². The van der Waals surface area contributed by atoms with Crippen LogP contribution in [-0.4, -0.2) is 31.9 Å². The van der Waals surface area contributed by atoms with Crippen LogP contribution in [0.3, 0.4) is 0 Å². The van der Waals surface area contributed by atoms with Crippen molar-refractivity contribution in [2.45, 2.75) is 32.2 Å². The first kappa shape index (κ1) is 17.0. The summed E-state index contributed by atoms with van der Waals surface area (Å²) in [5, 5.41) is 5.40.